The second kappa shape index (κ2) is 4.28. The molecule has 0 aliphatic carbocycles. The number of rotatable bonds is 3. The molecule has 0 aliphatic heterocycles. The monoisotopic (exact) mass is 227 g/mol. The zero-order chi connectivity index (χ0) is 8.97. The minimum Gasteiger partial charge on any atom is -0.288 e. The summed E-state index contributed by atoms with van der Waals surface area (Å²) in [6, 6.07) is 7.44. The van der Waals surface area contributed by atoms with Gasteiger partial charge in [-0.3, -0.25) is 10.3 Å². The number of hydrogen-bond donors (Lipinski definition) is 1. The number of halogens is 1. The van der Waals surface area contributed by atoms with Gasteiger partial charge < -0.3 is 0 Å². The molecule has 12 heavy (non-hydrogen) atoms. The Bertz CT molecular complexity index is 275. The number of anilines is 1. The quantitative estimate of drug-likeness (QED) is 0.635. The van der Waals surface area contributed by atoms with Crippen molar-refractivity contribution in [2.45, 2.75) is 0 Å². The Morgan fingerprint density at radius 1 is 1.58 bits per heavy atom. The highest BCUT2D eigenvalue weighted by atomic mass is 79.9. The molecule has 0 amide bonds. The second-order valence-electron chi connectivity index (χ2n) is 2.35. The predicted molar refractivity (Wildman–Crippen MR) is 53.5 cm³/mol. The van der Waals surface area contributed by atoms with Crippen LogP contribution in [0, 0.1) is 0 Å². The van der Waals surface area contributed by atoms with Crippen molar-refractivity contribution < 1.29 is 5.21 Å². The van der Waals surface area contributed by atoms with Gasteiger partial charge in [0.25, 0.3) is 0 Å². The maximum absolute atomic E-state index is 9.39. The fourth-order valence-electron chi connectivity index (χ4n) is 0.864. The summed E-state index contributed by atoms with van der Waals surface area (Å²) < 4.78 is 0.947. The minimum absolute atomic E-state index is 0.427. The molecule has 0 aromatic heterocycles. The lowest BCUT2D eigenvalue weighted by Crippen LogP contribution is -2.17. The molecule has 0 saturated heterocycles. The van der Waals surface area contributed by atoms with Gasteiger partial charge in [0.1, 0.15) is 0 Å². The van der Waals surface area contributed by atoms with Gasteiger partial charge in [0.05, 0.1) is 12.2 Å². The minimum atomic E-state index is 0.427. The Hall–Kier alpha value is -0.800. The maximum Gasteiger partial charge on any atom is 0.0649 e. The van der Waals surface area contributed by atoms with Crippen molar-refractivity contribution in [2.24, 2.45) is 0 Å². The molecule has 64 valence electrons. The van der Waals surface area contributed by atoms with E-state index < -0.39 is 0 Å². The van der Waals surface area contributed by atoms with Crippen molar-refractivity contribution in [1.82, 2.24) is 0 Å². The van der Waals surface area contributed by atoms with Crippen LogP contribution in [-0.2, 0) is 0 Å². The van der Waals surface area contributed by atoms with Crippen LogP contribution >= 0.6 is 15.9 Å². The van der Waals surface area contributed by atoms with Gasteiger partial charge in [0, 0.05) is 4.47 Å². The Labute approximate surface area is 80.2 Å². The van der Waals surface area contributed by atoms with Crippen LogP contribution < -0.4 is 5.06 Å². The van der Waals surface area contributed by atoms with Gasteiger partial charge in [-0.15, -0.1) is 6.58 Å². The van der Waals surface area contributed by atoms with E-state index in [9.17, 15) is 5.21 Å². The molecule has 0 bridgehead atoms. The van der Waals surface area contributed by atoms with E-state index in [2.05, 4.69) is 22.5 Å². The SMILES string of the molecule is C=CCN(O)c1cccc(Br)c1. The van der Waals surface area contributed by atoms with Crippen LogP contribution in [0.4, 0.5) is 5.69 Å². The first-order valence-electron chi connectivity index (χ1n) is 3.57. The van der Waals surface area contributed by atoms with E-state index in [1.807, 2.05) is 24.3 Å². The number of benzene rings is 1. The van der Waals surface area contributed by atoms with Crippen LogP contribution in [0.2, 0.25) is 0 Å². The normalized spacial score (nSPS) is 9.50. The fraction of sp³-hybridized carbons (Fsp3) is 0.111. The summed E-state index contributed by atoms with van der Waals surface area (Å²) in [7, 11) is 0. The zero-order valence-electron chi connectivity index (χ0n) is 6.57. The van der Waals surface area contributed by atoms with Crippen molar-refractivity contribution in [3.8, 4) is 0 Å². The van der Waals surface area contributed by atoms with Gasteiger partial charge in [-0.25, -0.2) is 0 Å². The third kappa shape index (κ3) is 2.36. The molecular formula is C9H10BrNO. The molecule has 0 unspecified atom stereocenters. The topological polar surface area (TPSA) is 23.5 Å². The standard InChI is InChI=1S/C9H10BrNO/c1-2-6-11(12)9-5-3-4-8(10)7-9/h2-5,7,12H,1,6H2. The number of hydroxylamine groups is 1. The molecule has 0 aliphatic rings. The van der Waals surface area contributed by atoms with E-state index in [1.165, 1.54) is 0 Å². The van der Waals surface area contributed by atoms with E-state index in [4.69, 9.17) is 0 Å². The lowest BCUT2D eigenvalue weighted by molar-refractivity contribution is 0.266. The summed E-state index contributed by atoms with van der Waals surface area (Å²) in [5.74, 6) is 0. The molecule has 0 atom stereocenters. The molecule has 1 aromatic rings. The highest BCUT2D eigenvalue weighted by Crippen LogP contribution is 2.18. The van der Waals surface area contributed by atoms with Crippen molar-refractivity contribution >= 4 is 21.6 Å². The number of hydrogen-bond acceptors (Lipinski definition) is 2. The number of nitrogens with zero attached hydrogens (tertiary/aromatic N) is 1. The van der Waals surface area contributed by atoms with Gasteiger partial charge in [-0.2, -0.15) is 0 Å². The first-order valence-corrected chi connectivity index (χ1v) is 4.36. The molecular weight excluding hydrogens is 218 g/mol. The van der Waals surface area contributed by atoms with Gasteiger partial charge in [0.2, 0.25) is 0 Å². The van der Waals surface area contributed by atoms with Gasteiger partial charge in [-0.1, -0.05) is 28.1 Å². The molecule has 3 heteroatoms. The molecule has 1 rings (SSSR count). The van der Waals surface area contributed by atoms with Crippen molar-refractivity contribution in [3.63, 3.8) is 0 Å². The average molecular weight is 228 g/mol. The van der Waals surface area contributed by atoms with Crippen molar-refractivity contribution in [1.29, 1.82) is 0 Å². The summed E-state index contributed by atoms with van der Waals surface area (Å²) >= 11 is 3.32. The first kappa shape index (κ1) is 9.29. The van der Waals surface area contributed by atoms with E-state index >= 15 is 0 Å². The van der Waals surface area contributed by atoms with Crippen LogP contribution in [-0.4, -0.2) is 11.8 Å². The van der Waals surface area contributed by atoms with E-state index in [0.29, 0.717) is 6.54 Å². The molecule has 0 radical (unpaired) electrons. The summed E-state index contributed by atoms with van der Waals surface area (Å²) in [6.07, 6.45) is 1.64. The molecule has 0 spiro atoms. The van der Waals surface area contributed by atoms with Gasteiger partial charge in [-0.05, 0) is 18.2 Å². The first-order chi connectivity index (χ1) is 5.74. The smallest absolute Gasteiger partial charge is 0.0649 e. The second-order valence-corrected chi connectivity index (χ2v) is 3.27. The van der Waals surface area contributed by atoms with Crippen LogP contribution in [0.1, 0.15) is 0 Å². The molecule has 0 heterocycles. The molecule has 0 saturated carbocycles. The third-order valence-corrected chi connectivity index (χ3v) is 1.90. The summed E-state index contributed by atoms with van der Waals surface area (Å²) in [5, 5.41) is 10.5. The molecule has 1 aromatic carbocycles. The zero-order valence-corrected chi connectivity index (χ0v) is 8.16. The Balaban J connectivity index is 2.80. The Morgan fingerprint density at radius 2 is 2.33 bits per heavy atom. The van der Waals surface area contributed by atoms with Crippen LogP contribution in [0.15, 0.2) is 41.4 Å². The fourth-order valence-corrected chi connectivity index (χ4v) is 1.25. The third-order valence-electron chi connectivity index (χ3n) is 1.41. The van der Waals surface area contributed by atoms with Crippen LogP contribution in [0.25, 0.3) is 0 Å². The van der Waals surface area contributed by atoms with Crippen LogP contribution in [0.5, 0.6) is 0 Å². The van der Waals surface area contributed by atoms with Crippen molar-refractivity contribution in [3.05, 3.63) is 41.4 Å². The van der Waals surface area contributed by atoms with Gasteiger partial charge >= 0.3 is 0 Å². The lowest BCUT2D eigenvalue weighted by Gasteiger charge is -2.14. The molecule has 2 nitrogen and oxygen atoms in total. The van der Waals surface area contributed by atoms with Crippen LogP contribution in [0.3, 0.4) is 0 Å². The van der Waals surface area contributed by atoms with E-state index in [1.54, 1.807) is 6.08 Å². The van der Waals surface area contributed by atoms with E-state index in [-0.39, 0.29) is 0 Å². The Kier molecular flexibility index (Phi) is 3.31. The van der Waals surface area contributed by atoms with Gasteiger partial charge in [0.15, 0.2) is 0 Å². The summed E-state index contributed by atoms with van der Waals surface area (Å²) in [5.41, 5.74) is 0.754. The maximum atomic E-state index is 9.39. The van der Waals surface area contributed by atoms with E-state index in [0.717, 1.165) is 15.2 Å². The largest absolute Gasteiger partial charge is 0.288 e. The highest BCUT2D eigenvalue weighted by molar-refractivity contribution is 9.10. The summed E-state index contributed by atoms with van der Waals surface area (Å²) in [6.45, 7) is 3.96. The van der Waals surface area contributed by atoms with Crippen molar-refractivity contribution in [2.75, 3.05) is 11.6 Å². The summed E-state index contributed by atoms with van der Waals surface area (Å²) in [4.78, 5) is 0. The Morgan fingerprint density at radius 3 is 2.92 bits per heavy atom. The predicted octanol–water partition coefficient (Wildman–Crippen LogP) is 2.83. The lowest BCUT2D eigenvalue weighted by atomic mass is 10.3. The highest BCUT2D eigenvalue weighted by Gasteiger charge is 1.99. The molecule has 1 N–H and O–H groups in total. The average Bonchev–Trinajstić information content (AvgIpc) is 2.05. The molecule has 0 fully saturated rings.